The van der Waals surface area contributed by atoms with Crippen LogP contribution in [0.2, 0.25) is 0 Å². The van der Waals surface area contributed by atoms with Gasteiger partial charge in [-0.25, -0.2) is 14.9 Å². The van der Waals surface area contributed by atoms with Crippen LogP contribution in [0.5, 0.6) is 5.75 Å². The average Bonchev–Trinajstić information content (AvgIpc) is 2.92. The van der Waals surface area contributed by atoms with Gasteiger partial charge in [0, 0.05) is 18.3 Å². The Kier molecular flexibility index (Phi) is 5.19. The van der Waals surface area contributed by atoms with Crippen molar-refractivity contribution in [2.45, 2.75) is 32.9 Å². The van der Waals surface area contributed by atoms with E-state index in [1.54, 1.807) is 26.1 Å². The van der Waals surface area contributed by atoms with Crippen LogP contribution in [0.3, 0.4) is 0 Å². The lowest BCUT2D eigenvalue weighted by molar-refractivity contribution is -0.164. The molecule has 1 unspecified atom stereocenters. The second-order valence-corrected chi connectivity index (χ2v) is 6.96. The van der Waals surface area contributed by atoms with Crippen LogP contribution in [-0.2, 0) is 9.63 Å². The molecule has 0 bridgehead atoms. The summed E-state index contributed by atoms with van der Waals surface area (Å²) in [4.78, 5) is 23.1. The molecule has 1 N–H and O–H groups in total. The molecule has 0 saturated heterocycles. The molecule has 1 amide bonds. The van der Waals surface area contributed by atoms with Gasteiger partial charge in [-0.15, -0.1) is 0 Å². The number of hydroxylamine groups is 2. The number of hydrogen-bond acceptors (Lipinski definition) is 5. The zero-order chi connectivity index (χ0) is 19.6. The van der Waals surface area contributed by atoms with Gasteiger partial charge in [0.25, 0.3) is 0 Å². The van der Waals surface area contributed by atoms with E-state index in [1.165, 1.54) is 5.56 Å². The molecule has 1 atom stereocenters. The summed E-state index contributed by atoms with van der Waals surface area (Å²) in [6, 6.07) is 13.4. The topological polar surface area (TPSA) is 63.2 Å². The van der Waals surface area contributed by atoms with Crippen molar-refractivity contribution in [3.05, 3.63) is 59.2 Å². The molecule has 6 heteroatoms. The van der Waals surface area contributed by atoms with Gasteiger partial charge in [0.15, 0.2) is 11.6 Å². The molecule has 6 nitrogen and oxygen atoms in total. The Morgan fingerprint density at radius 1 is 1.22 bits per heavy atom. The number of aryl methyl sites for hydroxylation is 2. The van der Waals surface area contributed by atoms with Gasteiger partial charge in [0.1, 0.15) is 5.75 Å². The average molecular weight is 367 g/mol. The van der Waals surface area contributed by atoms with E-state index in [1.807, 2.05) is 56.3 Å². The predicted molar refractivity (Wildman–Crippen MR) is 106 cm³/mol. The van der Waals surface area contributed by atoms with E-state index < -0.39 is 5.72 Å². The lowest BCUT2D eigenvalue weighted by Crippen LogP contribution is -2.32. The van der Waals surface area contributed by atoms with E-state index in [2.05, 4.69) is 10.3 Å². The fraction of sp³-hybridized carbons (Fsp3) is 0.333. The number of ether oxygens (including phenoxy) is 1. The number of rotatable bonds is 5. The van der Waals surface area contributed by atoms with E-state index in [0.29, 0.717) is 5.84 Å². The molecule has 27 heavy (non-hydrogen) atoms. The zero-order valence-corrected chi connectivity index (χ0v) is 16.4. The minimum absolute atomic E-state index is 0.109. The van der Waals surface area contributed by atoms with Gasteiger partial charge in [0.2, 0.25) is 5.91 Å². The maximum Gasteiger partial charge on any atom is 0.229 e. The predicted octanol–water partition coefficient (Wildman–Crippen LogP) is 3.68. The molecule has 0 fully saturated rings. The van der Waals surface area contributed by atoms with E-state index in [9.17, 15) is 4.79 Å². The van der Waals surface area contributed by atoms with Crippen molar-refractivity contribution in [1.82, 2.24) is 5.06 Å². The molecule has 0 spiro atoms. The molecule has 0 aliphatic carbocycles. The van der Waals surface area contributed by atoms with E-state index in [0.717, 1.165) is 22.6 Å². The van der Waals surface area contributed by atoms with Gasteiger partial charge >= 0.3 is 0 Å². The molecule has 1 aliphatic rings. The Labute approximate surface area is 159 Å². The summed E-state index contributed by atoms with van der Waals surface area (Å²) in [7, 11) is 3.40. The highest BCUT2D eigenvalue weighted by Gasteiger charge is 2.38. The number of anilines is 1. The molecule has 0 radical (unpaired) electrons. The second-order valence-electron chi connectivity index (χ2n) is 6.96. The van der Waals surface area contributed by atoms with Crippen LogP contribution >= 0.6 is 0 Å². The highest BCUT2D eigenvalue weighted by atomic mass is 16.7. The maximum absolute atomic E-state index is 12.5. The molecular formula is C21H25N3O3. The molecule has 2 aromatic carbocycles. The highest BCUT2D eigenvalue weighted by Crippen LogP contribution is 2.29. The number of aliphatic imine (C=N–C) groups is 1. The van der Waals surface area contributed by atoms with E-state index in [4.69, 9.17) is 9.57 Å². The van der Waals surface area contributed by atoms with Crippen molar-refractivity contribution in [3.8, 4) is 5.75 Å². The number of hydrogen-bond donors (Lipinski definition) is 1. The third-order valence-electron chi connectivity index (χ3n) is 4.58. The smallest absolute Gasteiger partial charge is 0.229 e. The summed E-state index contributed by atoms with van der Waals surface area (Å²) < 4.78 is 5.27. The number of amidine groups is 1. The number of amides is 1. The standard InChI is InChI=1S/C21H25N3O3/c1-14-9-10-17(11-15(14)2)22-19(25)13-21(3)23-20(24(4)27-21)16-7-6-8-18(12-16)26-5/h6-12H,13H2,1-5H3,(H,22,25). The molecule has 1 aliphatic heterocycles. The first-order chi connectivity index (χ1) is 12.8. The maximum atomic E-state index is 12.5. The van der Waals surface area contributed by atoms with E-state index in [-0.39, 0.29) is 12.3 Å². The summed E-state index contributed by atoms with van der Waals surface area (Å²) in [5, 5.41) is 4.52. The van der Waals surface area contributed by atoms with E-state index >= 15 is 0 Å². The van der Waals surface area contributed by atoms with Crippen LogP contribution in [-0.4, -0.2) is 36.7 Å². The highest BCUT2D eigenvalue weighted by molar-refractivity contribution is 6.00. The van der Waals surface area contributed by atoms with Gasteiger partial charge in [-0.3, -0.25) is 4.79 Å². The van der Waals surface area contributed by atoms with Gasteiger partial charge in [-0.2, -0.15) is 0 Å². The Morgan fingerprint density at radius 3 is 2.70 bits per heavy atom. The van der Waals surface area contributed by atoms with Crippen LogP contribution < -0.4 is 10.1 Å². The number of carbonyl (C=O) groups excluding carboxylic acids is 1. The van der Waals surface area contributed by atoms with Gasteiger partial charge in [-0.1, -0.05) is 18.2 Å². The number of carbonyl (C=O) groups is 1. The Morgan fingerprint density at radius 2 is 2.00 bits per heavy atom. The van der Waals surface area contributed by atoms with Crippen LogP contribution in [0.15, 0.2) is 47.5 Å². The number of nitrogens with one attached hydrogen (secondary N) is 1. The Hall–Kier alpha value is -2.86. The third kappa shape index (κ3) is 4.28. The molecule has 0 aromatic heterocycles. The summed E-state index contributed by atoms with van der Waals surface area (Å²) >= 11 is 0. The van der Waals surface area contributed by atoms with Gasteiger partial charge in [-0.05, 0) is 56.2 Å². The Balaban J connectivity index is 1.74. The monoisotopic (exact) mass is 367 g/mol. The van der Waals surface area contributed by atoms with Crippen molar-refractivity contribution >= 4 is 17.4 Å². The number of methoxy groups -OCH3 is 1. The minimum atomic E-state index is -0.961. The van der Waals surface area contributed by atoms with Crippen molar-refractivity contribution < 1.29 is 14.4 Å². The SMILES string of the molecule is COc1cccc(C2=NC(C)(CC(=O)Nc3ccc(C)c(C)c3)ON2C)c1. The third-order valence-corrected chi connectivity index (χ3v) is 4.58. The molecule has 1 heterocycles. The lowest BCUT2D eigenvalue weighted by Gasteiger charge is -2.21. The van der Waals surface area contributed by atoms with Crippen molar-refractivity contribution in [2.24, 2.45) is 4.99 Å². The first kappa shape index (κ1) is 18.9. The van der Waals surface area contributed by atoms with Crippen molar-refractivity contribution in [2.75, 3.05) is 19.5 Å². The molecule has 142 valence electrons. The van der Waals surface area contributed by atoms with Gasteiger partial charge in [0.05, 0.1) is 13.5 Å². The normalized spacial score (nSPS) is 19.0. The Bertz CT molecular complexity index is 894. The minimum Gasteiger partial charge on any atom is -0.497 e. The van der Waals surface area contributed by atoms with Crippen molar-refractivity contribution in [1.29, 1.82) is 0 Å². The molecule has 2 aromatic rings. The quantitative estimate of drug-likeness (QED) is 0.876. The summed E-state index contributed by atoms with van der Waals surface area (Å²) in [6.45, 7) is 5.86. The number of benzene rings is 2. The molecular weight excluding hydrogens is 342 g/mol. The fourth-order valence-corrected chi connectivity index (χ4v) is 3.06. The summed E-state index contributed by atoms with van der Waals surface area (Å²) in [5.74, 6) is 1.25. The summed E-state index contributed by atoms with van der Waals surface area (Å²) in [6.07, 6.45) is 0.109. The number of nitrogens with zero attached hydrogens (tertiary/aromatic N) is 2. The molecule has 3 rings (SSSR count). The largest absolute Gasteiger partial charge is 0.497 e. The van der Waals surface area contributed by atoms with Crippen molar-refractivity contribution in [3.63, 3.8) is 0 Å². The second kappa shape index (κ2) is 7.40. The van der Waals surface area contributed by atoms with Gasteiger partial charge < -0.3 is 10.1 Å². The first-order valence-electron chi connectivity index (χ1n) is 8.84. The lowest BCUT2D eigenvalue weighted by atomic mass is 10.1. The van der Waals surface area contributed by atoms with Crippen LogP contribution in [0, 0.1) is 13.8 Å². The zero-order valence-electron chi connectivity index (χ0n) is 16.4. The molecule has 0 saturated carbocycles. The van der Waals surface area contributed by atoms with Crippen LogP contribution in [0.25, 0.3) is 0 Å². The van der Waals surface area contributed by atoms with Crippen LogP contribution in [0.4, 0.5) is 5.69 Å². The first-order valence-corrected chi connectivity index (χ1v) is 8.84. The van der Waals surface area contributed by atoms with Crippen LogP contribution in [0.1, 0.15) is 30.0 Å². The fourth-order valence-electron chi connectivity index (χ4n) is 3.06. The summed E-state index contributed by atoms with van der Waals surface area (Å²) in [5.41, 5.74) is 3.00.